The Morgan fingerprint density at radius 2 is 2.11 bits per heavy atom. The van der Waals surface area contributed by atoms with Crippen molar-refractivity contribution in [2.75, 3.05) is 5.73 Å². The highest BCUT2D eigenvalue weighted by Gasteiger charge is 2.07. The Kier molecular flexibility index (Phi) is 4.04. The third-order valence-electron chi connectivity index (χ3n) is 2.93. The molecule has 0 aliphatic heterocycles. The van der Waals surface area contributed by atoms with Gasteiger partial charge in [-0.15, -0.1) is 0 Å². The van der Waals surface area contributed by atoms with Gasteiger partial charge in [0.25, 0.3) is 0 Å². The molecule has 0 atom stereocenters. The third kappa shape index (κ3) is 3.05. The van der Waals surface area contributed by atoms with Crippen LogP contribution in [0.4, 0.5) is 10.1 Å². The number of benzene rings is 1. The van der Waals surface area contributed by atoms with Crippen LogP contribution in [0.5, 0.6) is 5.75 Å². The van der Waals surface area contributed by atoms with E-state index in [1.54, 1.807) is 6.07 Å². The van der Waals surface area contributed by atoms with Crippen LogP contribution in [0.1, 0.15) is 25.2 Å². The molecule has 102 valence electrons. The maximum atomic E-state index is 13.3. The van der Waals surface area contributed by atoms with E-state index in [1.165, 1.54) is 12.1 Å². The number of anilines is 1. The molecule has 2 aromatic rings. The van der Waals surface area contributed by atoms with E-state index in [2.05, 4.69) is 12.0 Å². The molecule has 0 saturated heterocycles. The van der Waals surface area contributed by atoms with E-state index in [-0.39, 0.29) is 5.69 Å². The molecule has 5 heteroatoms. The van der Waals surface area contributed by atoms with Crippen molar-refractivity contribution in [2.24, 2.45) is 0 Å². The molecular weight excluding hydrogens is 245 g/mol. The second kappa shape index (κ2) is 5.73. The average Bonchev–Trinajstić information content (AvgIpc) is 2.82. The summed E-state index contributed by atoms with van der Waals surface area (Å²) in [5, 5.41) is 4.43. The first-order valence-electron chi connectivity index (χ1n) is 6.37. The van der Waals surface area contributed by atoms with Crippen LogP contribution in [-0.2, 0) is 19.6 Å². The summed E-state index contributed by atoms with van der Waals surface area (Å²) >= 11 is 0. The molecule has 2 rings (SSSR count). The first-order valence-corrected chi connectivity index (χ1v) is 6.37. The monoisotopic (exact) mass is 263 g/mol. The van der Waals surface area contributed by atoms with Crippen LogP contribution in [0.3, 0.4) is 0 Å². The summed E-state index contributed by atoms with van der Waals surface area (Å²) in [5.41, 5.74) is 7.56. The van der Waals surface area contributed by atoms with Crippen molar-refractivity contribution in [3.05, 3.63) is 41.5 Å². The highest BCUT2D eigenvalue weighted by atomic mass is 19.1. The van der Waals surface area contributed by atoms with Crippen molar-refractivity contribution in [2.45, 2.75) is 33.4 Å². The molecule has 1 aromatic heterocycles. The first kappa shape index (κ1) is 13.4. The Balaban J connectivity index is 2.09. The standard InChI is InChI=1S/C14H18FN3O/c1-3-10-7-11(18(4-2)17-10)9-19-12-5-6-14(16)13(15)8-12/h5-8H,3-4,9,16H2,1-2H3. The molecule has 1 heterocycles. The summed E-state index contributed by atoms with van der Waals surface area (Å²) < 4.78 is 20.8. The zero-order valence-corrected chi connectivity index (χ0v) is 11.2. The molecule has 0 amide bonds. The van der Waals surface area contributed by atoms with Gasteiger partial charge < -0.3 is 10.5 Å². The van der Waals surface area contributed by atoms with Gasteiger partial charge in [-0.25, -0.2) is 4.39 Å². The van der Waals surface area contributed by atoms with E-state index < -0.39 is 5.82 Å². The maximum absolute atomic E-state index is 13.3. The van der Waals surface area contributed by atoms with E-state index in [0.29, 0.717) is 12.4 Å². The van der Waals surface area contributed by atoms with Crippen molar-refractivity contribution in [1.29, 1.82) is 0 Å². The topological polar surface area (TPSA) is 53.1 Å². The number of hydrogen-bond acceptors (Lipinski definition) is 3. The fourth-order valence-electron chi connectivity index (χ4n) is 1.83. The molecule has 0 saturated carbocycles. The molecule has 0 bridgehead atoms. The van der Waals surface area contributed by atoms with E-state index in [4.69, 9.17) is 10.5 Å². The van der Waals surface area contributed by atoms with Crippen molar-refractivity contribution in [1.82, 2.24) is 9.78 Å². The molecule has 19 heavy (non-hydrogen) atoms. The smallest absolute Gasteiger partial charge is 0.149 e. The van der Waals surface area contributed by atoms with Crippen molar-refractivity contribution in [3.63, 3.8) is 0 Å². The predicted octanol–water partition coefficient (Wildman–Crippen LogP) is 2.77. The number of aromatic nitrogens is 2. The van der Waals surface area contributed by atoms with Gasteiger partial charge in [0, 0.05) is 12.6 Å². The van der Waals surface area contributed by atoms with Gasteiger partial charge in [-0.3, -0.25) is 4.68 Å². The molecule has 4 nitrogen and oxygen atoms in total. The van der Waals surface area contributed by atoms with Crippen molar-refractivity contribution < 1.29 is 9.13 Å². The summed E-state index contributed by atoms with van der Waals surface area (Å²) in [6.07, 6.45) is 0.885. The molecule has 0 spiro atoms. The summed E-state index contributed by atoms with van der Waals surface area (Å²) in [5.74, 6) is 0.00403. The van der Waals surface area contributed by atoms with Gasteiger partial charge in [-0.1, -0.05) is 6.92 Å². The van der Waals surface area contributed by atoms with E-state index in [1.807, 2.05) is 17.7 Å². The number of nitrogen functional groups attached to an aromatic ring is 1. The second-order valence-corrected chi connectivity index (χ2v) is 4.27. The number of ether oxygens (including phenoxy) is 1. The summed E-state index contributed by atoms with van der Waals surface area (Å²) in [4.78, 5) is 0. The zero-order valence-electron chi connectivity index (χ0n) is 11.2. The molecule has 1 aromatic carbocycles. The SMILES string of the molecule is CCc1cc(COc2ccc(N)c(F)c2)n(CC)n1. The lowest BCUT2D eigenvalue weighted by atomic mass is 10.3. The Labute approximate surface area is 112 Å². The van der Waals surface area contributed by atoms with Gasteiger partial charge in [-0.05, 0) is 31.5 Å². The predicted molar refractivity (Wildman–Crippen MR) is 72.4 cm³/mol. The Morgan fingerprint density at radius 1 is 1.32 bits per heavy atom. The number of aryl methyl sites for hydroxylation is 2. The molecular formula is C14H18FN3O. The Morgan fingerprint density at radius 3 is 2.74 bits per heavy atom. The number of hydrogen-bond donors (Lipinski definition) is 1. The Hall–Kier alpha value is -2.04. The largest absolute Gasteiger partial charge is 0.487 e. The second-order valence-electron chi connectivity index (χ2n) is 4.27. The molecule has 0 aliphatic carbocycles. The fraction of sp³-hybridized carbons (Fsp3) is 0.357. The summed E-state index contributed by atoms with van der Waals surface area (Å²) in [6.45, 7) is 5.24. The van der Waals surface area contributed by atoms with Crippen LogP contribution in [0.2, 0.25) is 0 Å². The van der Waals surface area contributed by atoms with Crippen LogP contribution in [0.25, 0.3) is 0 Å². The van der Waals surface area contributed by atoms with E-state index in [0.717, 1.165) is 24.4 Å². The van der Waals surface area contributed by atoms with Crippen LogP contribution in [0.15, 0.2) is 24.3 Å². The molecule has 0 fully saturated rings. The van der Waals surface area contributed by atoms with Crippen molar-refractivity contribution in [3.8, 4) is 5.75 Å². The van der Waals surface area contributed by atoms with Crippen LogP contribution >= 0.6 is 0 Å². The quantitative estimate of drug-likeness (QED) is 0.844. The fourth-order valence-corrected chi connectivity index (χ4v) is 1.83. The van der Waals surface area contributed by atoms with Crippen LogP contribution < -0.4 is 10.5 Å². The number of halogens is 1. The molecule has 0 aliphatic rings. The van der Waals surface area contributed by atoms with Crippen molar-refractivity contribution >= 4 is 5.69 Å². The van der Waals surface area contributed by atoms with Gasteiger partial charge in [0.1, 0.15) is 18.2 Å². The van der Waals surface area contributed by atoms with Gasteiger partial charge in [-0.2, -0.15) is 5.10 Å². The van der Waals surface area contributed by atoms with E-state index >= 15 is 0 Å². The summed E-state index contributed by atoms with van der Waals surface area (Å²) in [6, 6.07) is 6.46. The summed E-state index contributed by atoms with van der Waals surface area (Å²) in [7, 11) is 0. The third-order valence-corrected chi connectivity index (χ3v) is 2.93. The molecule has 2 N–H and O–H groups in total. The molecule has 0 unspecified atom stereocenters. The normalized spacial score (nSPS) is 10.7. The highest BCUT2D eigenvalue weighted by Crippen LogP contribution is 2.19. The van der Waals surface area contributed by atoms with E-state index in [9.17, 15) is 4.39 Å². The minimum atomic E-state index is -0.462. The minimum absolute atomic E-state index is 0.124. The number of nitrogens with zero attached hydrogens (tertiary/aromatic N) is 2. The first-order chi connectivity index (χ1) is 9.13. The zero-order chi connectivity index (χ0) is 13.8. The minimum Gasteiger partial charge on any atom is -0.487 e. The number of nitrogens with two attached hydrogens (primary N) is 1. The van der Waals surface area contributed by atoms with Gasteiger partial charge >= 0.3 is 0 Å². The van der Waals surface area contributed by atoms with Crippen LogP contribution in [-0.4, -0.2) is 9.78 Å². The lowest BCUT2D eigenvalue weighted by Gasteiger charge is -2.08. The van der Waals surface area contributed by atoms with Crippen LogP contribution in [0, 0.1) is 5.82 Å². The highest BCUT2D eigenvalue weighted by molar-refractivity contribution is 5.43. The van der Waals surface area contributed by atoms with Gasteiger partial charge in [0.2, 0.25) is 0 Å². The molecule has 0 radical (unpaired) electrons. The lowest BCUT2D eigenvalue weighted by Crippen LogP contribution is -2.06. The average molecular weight is 263 g/mol. The number of rotatable bonds is 5. The lowest BCUT2D eigenvalue weighted by molar-refractivity contribution is 0.291. The Bertz CT molecular complexity index is 566. The maximum Gasteiger partial charge on any atom is 0.149 e. The van der Waals surface area contributed by atoms with Gasteiger partial charge in [0.15, 0.2) is 0 Å². The van der Waals surface area contributed by atoms with Gasteiger partial charge in [0.05, 0.1) is 17.1 Å².